The van der Waals surface area contributed by atoms with Gasteiger partial charge in [0, 0.05) is 18.8 Å². The number of carbonyl (C=O) groups is 2. The van der Waals surface area contributed by atoms with Crippen LogP contribution in [0.5, 0.6) is 0 Å². The van der Waals surface area contributed by atoms with Gasteiger partial charge in [0.15, 0.2) is 6.10 Å². The number of nitrogens with zero attached hydrogens (tertiary/aromatic N) is 3. The van der Waals surface area contributed by atoms with E-state index in [1.54, 1.807) is 29.3 Å². The molecule has 0 radical (unpaired) electrons. The van der Waals surface area contributed by atoms with Gasteiger partial charge in [0.1, 0.15) is 11.7 Å². The molecule has 0 unspecified atom stereocenters. The lowest BCUT2D eigenvalue weighted by Gasteiger charge is -2.30. The summed E-state index contributed by atoms with van der Waals surface area (Å²) in [5.74, 6) is -1.85. The summed E-state index contributed by atoms with van der Waals surface area (Å²) in [5, 5.41) is 1.61. The van der Waals surface area contributed by atoms with Gasteiger partial charge in [-0.05, 0) is 54.1 Å². The molecule has 2 amide bonds. The predicted octanol–water partition coefficient (Wildman–Crippen LogP) is 3.71. The van der Waals surface area contributed by atoms with Crippen molar-refractivity contribution in [1.82, 2.24) is 0 Å². The second kappa shape index (κ2) is 8.79. The zero-order chi connectivity index (χ0) is 23.9. The molecule has 178 valence electrons. The molecular formula is C27H24FN3O4. The Bertz CT molecular complexity index is 1230. The fourth-order valence-electron chi connectivity index (χ4n) is 5.10. The van der Waals surface area contributed by atoms with Gasteiger partial charge in [-0.15, -0.1) is 0 Å². The Kier molecular flexibility index (Phi) is 5.47. The molecule has 3 heterocycles. The van der Waals surface area contributed by atoms with Crippen molar-refractivity contribution in [2.24, 2.45) is 5.92 Å². The molecule has 3 aromatic rings. The van der Waals surface area contributed by atoms with Crippen LogP contribution in [0.3, 0.4) is 0 Å². The number of fused-ring (bicyclic) bond motifs is 1. The summed E-state index contributed by atoms with van der Waals surface area (Å²) in [6.07, 6.45) is -0.961. The van der Waals surface area contributed by atoms with Crippen molar-refractivity contribution >= 4 is 28.9 Å². The van der Waals surface area contributed by atoms with E-state index < -0.39 is 24.0 Å². The summed E-state index contributed by atoms with van der Waals surface area (Å²) in [6, 6.07) is 22.2. The summed E-state index contributed by atoms with van der Waals surface area (Å²) >= 11 is 0. The molecule has 6 rings (SSSR count). The molecular weight excluding hydrogens is 449 g/mol. The van der Waals surface area contributed by atoms with Crippen LogP contribution in [0.25, 0.3) is 0 Å². The number of hydrogen-bond donors (Lipinski definition) is 0. The Morgan fingerprint density at radius 2 is 1.40 bits per heavy atom. The molecule has 3 aliphatic heterocycles. The van der Waals surface area contributed by atoms with Crippen LogP contribution in [0, 0.1) is 11.7 Å². The molecule has 0 N–H and O–H groups in total. The molecule has 3 saturated heterocycles. The van der Waals surface area contributed by atoms with E-state index in [-0.39, 0.29) is 11.7 Å². The number of morpholine rings is 1. The lowest BCUT2D eigenvalue weighted by atomic mass is 9.90. The summed E-state index contributed by atoms with van der Waals surface area (Å²) in [6.45, 7) is 2.95. The van der Waals surface area contributed by atoms with Gasteiger partial charge in [-0.25, -0.2) is 14.4 Å². The van der Waals surface area contributed by atoms with E-state index in [0.717, 1.165) is 24.5 Å². The first-order valence-corrected chi connectivity index (χ1v) is 11.7. The molecule has 8 heteroatoms. The Balaban J connectivity index is 1.33. The lowest BCUT2D eigenvalue weighted by molar-refractivity contribution is -0.126. The lowest BCUT2D eigenvalue weighted by Crippen LogP contribution is -2.38. The maximum Gasteiger partial charge on any atom is 0.266 e. The fraction of sp³-hybridized carbons (Fsp3) is 0.259. The minimum absolute atomic E-state index is 0.327. The molecule has 3 fully saturated rings. The number of ether oxygens (including phenoxy) is 1. The highest BCUT2D eigenvalue weighted by atomic mass is 19.1. The highest BCUT2D eigenvalue weighted by Gasteiger charge is 2.60. The topological polar surface area (TPSA) is 62.3 Å². The number of carbonyl (C=O) groups excluding carboxylic acids is 2. The molecule has 7 nitrogen and oxygen atoms in total. The molecule has 3 aromatic carbocycles. The van der Waals surface area contributed by atoms with Crippen LogP contribution in [-0.4, -0.2) is 44.2 Å². The second-order valence-electron chi connectivity index (χ2n) is 8.84. The van der Waals surface area contributed by atoms with E-state index in [1.807, 2.05) is 42.5 Å². The van der Waals surface area contributed by atoms with Crippen LogP contribution in [0.15, 0.2) is 78.9 Å². The Hall–Kier alpha value is -3.75. The van der Waals surface area contributed by atoms with Crippen molar-refractivity contribution in [2.75, 3.05) is 41.2 Å². The number of imide groups is 1. The number of benzene rings is 3. The molecule has 3 atom stereocenters. The molecule has 3 aliphatic rings. The largest absolute Gasteiger partial charge is 0.378 e. The average Bonchev–Trinajstić information content (AvgIpc) is 3.41. The zero-order valence-corrected chi connectivity index (χ0v) is 18.9. The Morgan fingerprint density at radius 1 is 0.743 bits per heavy atom. The SMILES string of the molecule is O=C1[C@H]2[C@@H](c3ccc(F)cc3)N(c3ccccc3)O[C@H]2C(=O)N1c1ccc(N2CCOCC2)cc1. The first-order chi connectivity index (χ1) is 17.1. The van der Waals surface area contributed by atoms with Crippen molar-refractivity contribution < 1.29 is 23.6 Å². The van der Waals surface area contributed by atoms with E-state index in [1.165, 1.54) is 17.0 Å². The number of anilines is 3. The summed E-state index contributed by atoms with van der Waals surface area (Å²) < 4.78 is 19.1. The van der Waals surface area contributed by atoms with Crippen LogP contribution in [0.2, 0.25) is 0 Å². The van der Waals surface area contributed by atoms with Gasteiger partial charge in [-0.3, -0.25) is 14.4 Å². The molecule has 0 aliphatic carbocycles. The van der Waals surface area contributed by atoms with E-state index in [2.05, 4.69) is 4.90 Å². The smallest absolute Gasteiger partial charge is 0.266 e. The number of halogens is 1. The van der Waals surface area contributed by atoms with E-state index in [0.29, 0.717) is 24.5 Å². The summed E-state index contributed by atoms with van der Waals surface area (Å²) in [5.41, 5.74) is 2.96. The average molecular weight is 474 g/mol. The van der Waals surface area contributed by atoms with E-state index in [9.17, 15) is 14.0 Å². The van der Waals surface area contributed by atoms with Crippen LogP contribution < -0.4 is 14.9 Å². The van der Waals surface area contributed by atoms with Crippen LogP contribution >= 0.6 is 0 Å². The predicted molar refractivity (Wildman–Crippen MR) is 128 cm³/mol. The van der Waals surface area contributed by atoms with E-state index >= 15 is 0 Å². The third-order valence-corrected chi connectivity index (χ3v) is 6.82. The number of hydrogen-bond acceptors (Lipinski definition) is 6. The molecule has 35 heavy (non-hydrogen) atoms. The Labute approximate surface area is 202 Å². The molecule has 0 saturated carbocycles. The quantitative estimate of drug-likeness (QED) is 0.539. The van der Waals surface area contributed by atoms with Crippen LogP contribution in [0.4, 0.5) is 21.5 Å². The van der Waals surface area contributed by atoms with Crippen molar-refractivity contribution in [1.29, 1.82) is 0 Å². The van der Waals surface area contributed by atoms with Gasteiger partial charge in [0.2, 0.25) is 5.91 Å². The van der Waals surface area contributed by atoms with Gasteiger partial charge in [-0.1, -0.05) is 30.3 Å². The second-order valence-corrected chi connectivity index (χ2v) is 8.84. The third-order valence-electron chi connectivity index (χ3n) is 6.82. The van der Waals surface area contributed by atoms with Crippen LogP contribution in [0.1, 0.15) is 11.6 Å². The summed E-state index contributed by atoms with van der Waals surface area (Å²) in [7, 11) is 0. The first-order valence-electron chi connectivity index (χ1n) is 11.7. The fourth-order valence-corrected chi connectivity index (χ4v) is 5.10. The highest BCUT2D eigenvalue weighted by Crippen LogP contribution is 2.47. The van der Waals surface area contributed by atoms with E-state index in [4.69, 9.17) is 9.57 Å². The van der Waals surface area contributed by atoms with Gasteiger partial charge >= 0.3 is 0 Å². The summed E-state index contributed by atoms with van der Waals surface area (Å²) in [4.78, 5) is 36.7. The van der Waals surface area contributed by atoms with Crippen molar-refractivity contribution in [3.63, 3.8) is 0 Å². The maximum atomic E-state index is 13.7. The number of hydroxylamine groups is 1. The third kappa shape index (κ3) is 3.75. The number of para-hydroxylation sites is 1. The molecule has 0 spiro atoms. The Morgan fingerprint density at radius 3 is 2.09 bits per heavy atom. The maximum absolute atomic E-state index is 13.7. The highest BCUT2D eigenvalue weighted by molar-refractivity contribution is 6.24. The zero-order valence-electron chi connectivity index (χ0n) is 18.9. The molecule has 0 bridgehead atoms. The van der Waals surface area contributed by atoms with Gasteiger partial charge in [0.05, 0.1) is 30.6 Å². The van der Waals surface area contributed by atoms with Gasteiger partial charge < -0.3 is 9.64 Å². The number of rotatable bonds is 4. The minimum atomic E-state index is -0.961. The van der Waals surface area contributed by atoms with Crippen LogP contribution in [-0.2, 0) is 19.2 Å². The monoisotopic (exact) mass is 473 g/mol. The van der Waals surface area contributed by atoms with Crippen molar-refractivity contribution in [3.05, 3.63) is 90.2 Å². The number of amides is 2. The first kappa shape index (κ1) is 21.8. The minimum Gasteiger partial charge on any atom is -0.378 e. The van der Waals surface area contributed by atoms with Gasteiger partial charge in [0.25, 0.3) is 5.91 Å². The molecule has 0 aromatic heterocycles. The normalized spacial score (nSPS) is 24.3. The van der Waals surface area contributed by atoms with Gasteiger partial charge in [-0.2, -0.15) is 0 Å². The van der Waals surface area contributed by atoms with Crippen molar-refractivity contribution in [2.45, 2.75) is 12.1 Å². The standard InChI is InChI=1S/C27H24FN3O4/c28-19-8-6-18(7-9-19)24-23-25(35-31(24)22-4-2-1-3-5-22)27(33)30(26(23)32)21-12-10-20(11-13-21)29-14-16-34-17-15-29/h1-13,23-25H,14-17H2/t23-,24+,25+/m0/s1. The van der Waals surface area contributed by atoms with Crippen molar-refractivity contribution in [3.8, 4) is 0 Å².